The Kier molecular flexibility index (Phi) is 7.31. The van der Waals surface area contributed by atoms with E-state index < -0.39 is 6.03 Å². The summed E-state index contributed by atoms with van der Waals surface area (Å²) >= 11 is 0. The Balaban J connectivity index is 1.40. The molecule has 0 aliphatic carbocycles. The van der Waals surface area contributed by atoms with E-state index in [1.165, 1.54) is 0 Å². The number of aromatic nitrogens is 1. The summed E-state index contributed by atoms with van der Waals surface area (Å²) in [4.78, 5) is 32.9. The average Bonchev–Trinajstić information content (AvgIpc) is 2.79. The van der Waals surface area contributed by atoms with Gasteiger partial charge in [-0.2, -0.15) is 0 Å². The third-order valence-corrected chi connectivity index (χ3v) is 4.84. The molecule has 1 fully saturated rings. The van der Waals surface area contributed by atoms with Gasteiger partial charge >= 0.3 is 6.03 Å². The van der Waals surface area contributed by atoms with Crippen LogP contribution < -0.4 is 25.0 Å². The van der Waals surface area contributed by atoms with Crippen LogP contribution in [-0.4, -0.2) is 68.8 Å². The van der Waals surface area contributed by atoms with Crippen LogP contribution in [0.15, 0.2) is 42.6 Å². The number of amides is 3. The molecule has 9 nitrogen and oxygen atoms in total. The van der Waals surface area contributed by atoms with E-state index in [-0.39, 0.29) is 18.9 Å². The lowest BCUT2D eigenvalue weighted by Gasteiger charge is -2.35. The summed E-state index contributed by atoms with van der Waals surface area (Å²) in [5.74, 6) is 2.10. The first-order valence-electron chi connectivity index (χ1n) is 9.80. The van der Waals surface area contributed by atoms with E-state index in [9.17, 15) is 9.59 Å². The van der Waals surface area contributed by atoms with E-state index in [1.54, 1.807) is 38.6 Å². The van der Waals surface area contributed by atoms with Gasteiger partial charge in [0.2, 0.25) is 5.91 Å². The number of piperazine rings is 1. The van der Waals surface area contributed by atoms with Crippen molar-refractivity contribution in [3.63, 3.8) is 0 Å². The van der Waals surface area contributed by atoms with Gasteiger partial charge in [0.05, 0.1) is 14.2 Å². The molecule has 0 unspecified atom stereocenters. The number of rotatable bonds is 7. The minimum atomic E-state index is -0.391. The standard InChI is InChI=1S/C21H27N5O4/c1-29-17-13-16(14-18(15-17)30-2)24-21(28)23-8-6-20(27)26-11-9-25(10-12-26)19-5-3-4-7-22-19/h3-5,7,13-15H,6,8-12H2,1-2H3,(H2,23,24,28). The molecule has 0 atom stereocenters. The molecule has 1 aliphatic heterocycles. The van der Waals surface area contributed by atoms with E-state index in [4.69, 9.17) is 9.47 Å². The predicted octanol–water partition coefficient (Wildman–Crippen LogP) is 1.96. The Morgan fingerprint density at radius 1 is 1.03 bits per heavy atom. The molecule has 1 aromatic carbocycles. The quantitative estimate of drug-likeness (QED) is 0.720. The van der Waals surface area contributed by atoms with Crippen molar-refractivity contribution in [3.8, 4) is 11.5 Å². The van der Waals surface area contributed by atoms with Gasteiger partial charge in [-0.1, -0.05) is 6.07 Å². The van der Waals surface area contributed by atoms with Crippen LogP contribution in [-0.2, 0) is 4.79 Å². The monoisotopic (exact) mass is 413 g/mol. The lowest BCUT2D eigenvalue weighted by atomic mass is 10.2. The normalized spacial score (nSPS) is 13.5. The lowest BCUT2D eigenvalue weighted by Crippen LogP contribution is -2.49. The van der Waals surface area contributed by atoms with Crippen LogP contribution in [0.2, 0.25) is 0 Å². The summed E-state index contributed by atoms with van der Waals surface area (Å²) in [6.07, 6.45) is 2.02. The zero-order chi connectivity index (χ0) is 21.3. The second-order valence-electron chi connectivity index (χ2n) is 6.79. The van der Waals surface area contributed by atoms with Crippen LogP contribution in [0.3, 0.4) is 0 Å². The van der Waals surface area contributed by atoms with Crippen molar-refractivity contribution < 1.29 is 19.1 Å². The molecule has 3 amide bonds. The Labute approximate surface area is 176 Å². The van der Waals surface area contributed by atoms with Gasteiger partial charge in [0.15, 0.2) is 0 Å². The van der Waals surface area contributed by atoms with Crippen molar-refractivity contribution in [2.45, 2.75) is 6.42 Å². The number of hydrogen-bond donors (Lipinski definition) is 2. The molecule has 2 N–H and O–H groups in total. The molecule has 160 valence electrons. The minimum absolute atomic E-state index is 0.0269. The topological polar surface area (TPSA) is 96.0 Å². The van der Waals surface area contributed by atoms with Gasteiger partial charge in [0.1, 0.15) is 17.3 Å². The molecule has 0 radical (unpaired) electrons. The number of urea groups is 1. The number of pyridine rings is 1. The third kappa shape index (κ3) is 5.76. The van der Waals surface area contributed by atoms with Crippen LogP contribution in [0.4, 0.5) is 16.3 Å². The highest BCUT2D eigenvalue weighted by atomic mass is 16.5. The highest BCUT2D eigenvalue weighted by Crippen LogP contribution is 2.25. The van der Waals surface area contributed by atoms with Crippen molar-refractivity contribution in [1.82, 2.24) is 15.2 Å². The van der Waals surface area contributed by atoms with E-state index in [0.717, 1.165) is 18.9 Å². The number of nitrogens with one attached hydrogen (secondary N) is 2. The van der Waals surface area contributed by atoms with Gasteiger partial charge in [-0.15, -0.1) is 0 Å². The van der Waals surface area contributed by atoms with Gasteiger partial charge in [0, 0.05) is 69.2 Å². The lowest BCUT2D eigenvalue weighted by molar-refractivity contribution is -0.131. The first kappa shape index (κ1) is 21.2. The van der Waals surface area contributed by atoms with Gasteiger partial charge in [-0.3, -0.25) is 4.79 Å². The molecule has 1 aliphatic rings. The number of methoxy groups -OCH3 is 2. The summed E-state index contributed by atoms with van der Waals surface area (Å²) in [6.45, 7) is 3.03. The Morgan fingerprint density at radius 2 is 1.73 bits per heavy atom. The summed E-state index contributed by atoms with van der Waals surface area (Å²) in [5.41, 5.74) is 0.542. The number of anilines is 2. The van der Waals surface area contributed by atoms with Crippen LogP contribution in [0.25, 0.3) is 0 Å². The number of nitrogens with zero attached hydrogens (tertiary/aromatic N) is 3. The fourth-order valence-corrected chi connectivity index (χ4v) is 3.22. The summed E-state index contributed by atoms with van der Waals surface area (Å²) in [5, 5.41) is 5.43. The number of hydrogen-bond acceptors (Lipinski definition) is 6. The average molecular weight is 413 g/mol. The summed E-state index contributed by atoms with van der Waals surface area (Å²) in [7, 11) is 3.08. The first-order valence-corrected chi connectivity index (χ1v) is 9.80. The molecule has 3 rings (SSSR count). The Hall–Kier alpha value is -3.49. The third-order valence-electron chi connectivity index (χ3n) is 4.84. The van der Waals surface area contributed by atoms with Crippen molar-refractivity contribution in [2.24, 2.45) is 0 Å². The largest absolute Gasteiger partial charge is 0.497 e. The van der Waals surface area contributed by atoms with Crippen LogP contribution in [0, 0.1) is 0 Å². The smallest absolute Gasteiger partial charge is 0.319 e. The minimum Gasteiger partial charge on any atom is -0.497 e. The molecule has 0 spiro atoms. The molecule has 0 saturated carbocycles. The molecule has 1 aromatic heterocycles. The Bertz CT molecular complexity index is 831. The fraction of sp³-hybridized carbons (Fsp3) is 0.381. The highest BCUT2D eigenvalue weighted by molar-refractivity contribution is 5.90. The summed E-state index contributed by atoms with van der Waals surface area (Å²) < 4.78 is 10.4. The molecular weight excluding hydrogens is 386 g/mol. The molecular formula is C21H27N5O4. The number of ether oxygens (including phenoxy) is 2. The SMILES string of the molecule is COc1cc(NC(=O)NCCC(=O)N2CCN(c3ccccn3)CC2)cc(OC)c1. The predicted molar refractivity (Wildman–Crippen MR) is 114 cm³/mol. The van der Waals surface area contributed by atoms with Gasteiger partial charge in [-0.25, -0.2) is 9.78 Å². The number of carbonyl (C=O) groups is 2. The van der Waals surface area contributed by atoms with Crippen molar-refractivity contribution >= 4 is 23.4 Å². The van der Waals surface area contributed by atoms with Gasteiger partial charge < -0.3 is 29.9 Å². The molecule has 9 heteroatoms. The zero-order valence-electron chi connectivity index (χ0n) is 17.3. The van der Waals surface area contributed by atoms with E-state index >= 15 is 0 Å². The van der Waals surface area contributed by atoms with Crippen molar-refractivity contribution in [3.05, 3.63) is 42.6 Å². The van der Waals surface area contributed by atoms with Crippen molar-refractivity contribution in [1.29, 1.82) is 0 Å². The number of carbonyl (C=O) groups excluding carboxylic acids is 2. The van der Waals surface area contributed by atoms with E-state index in [0.29, 0.717) is 30.3 Å². The Morgan fingerprint density at radius 3 is 2.33 bits per heavy atom. The maximum atomic E-state index is 12.4. The first-order chi connectivity index (χ1) is 14.6. The molecule has 2 aromatic rings. The molecule has 0 bridgehead atoms. The summed E-state index contributed by atoms with van der Waals surface area (Å²) in [6, 6.07) is 10.5. The van der Waals surface area contributed by atoms with Crippen LogP contribution >= 0.6 is 0 Å². The van der Waals surface area contributed by atoms with Crippen LogP contribution in [0.1, 0.15) is 6.42 Å². The highest BCUT2D eigenvalue weighted by Gasteiger charge is 2.21. The van der Waals surface area contributed by atoms with Crippen LogP contribution in [0.5, 0.6) is 11.5 Å². The fourth-order valence-electron chi connectivity index (χ4n) is 3.22. The molecule has 1 saturated heterocycles. The maximum absolute atomic E-state index is 12.4. The molecule has 30 heavy (non-hydrogen) atoms. The zero-order valence-corrected chi connectivity index (χ0v) is 17.3. The van der Waals surface area contributed by atoms with E-state index in [2.05, 4.69) is 20.5 Å². The maximum Gasteiger partial charge on any atom is 0.319 e. The van der Waals surface area contributed by atoms with Crippen molar-refractivity contribution in [2.75, 3.05) is 57.2 Å². The molecule has 2 heterocycles. The van der Waals surface area contributed by atoms with E-state index in [1.807, 2.05) is 23.1 Å². The van der Waals surface area contributed by atoms with Gasteiger partial charge in [-0.05, 0) is 12.1 Å². The second kappa shape index (κ2) is 10.3. The van der Waals surface area contributed by atoms with Gasteiger partial charge in [0.25, 0.3) is 0 Å². The number of benzene rings is 1. The second-order valence-corrected chi connectivity index (χ2v) is 6.79.